The molecule has 0 aromatic carbocycles. The minimum Gasteiger partial charge on any atom is -0.390 e. The van der Waals surface area contributed by atoms with E-state index in [9.17, 15) is 5.11 Å². The zero-order chi connectivity index (χ0) is 10.8. The van der Waals surface area contributed by atoms with Crippen LogP contribution in [-0.4, -0.2) is 10.7 Å². The van der Waals surface area contributed by atoms with Crippen molar-refractivity contribution in [2.24, 2.45) is 11.3 Å². The molecule has 0 aromatic rings. The van der Waals surface area contributed by atoms with Crippen molar-refractivity contribution in [3.05, 3.63) is 0 Å². The van der Waals surface area contributed by atoms with Crippen molar-refractivity contribution in [1.82, 2.24) is 0 Å². The Kier molecular flexibility index (Phi) is 3.63. The van der Waals surface area contributed by atoms with E-state index in [2.05, 4.69) is 27.7 Å². The molecule has 1 aliphatic rings. The standard InChI is InChI=1S/C13H26O/c1-11(2)10-13(14)7-5-6-12(3,4)8-9-13/h11,14H,5-10H2,1-4H3. The zero-order valence-electron chi connectivity index (χ0n) is 10.3. The smallest absolute Gasteiger partial charge is 0.0650 e. The van der Waals surface area contributed by atoms with Crippen LogP contribution in [0.3, 0.4) is 0 Å². The molecule has 0 bridgehead atoms. The molecule has 0 saturated heterocycles. The Morgan fingerprint density at radius 1 is 1.07 bits per heavy atom. The van der Waals surface area contributed by atoms with Crippen molar-refractivity contribution in [3.63, 3.8) is 0 Å². The summed E-state index contributed by atoms with van der Waals surface area (Å²) in [4.78, 5) is 0. The van der Waals surface area contributed by atoms with E-state index in [0.29, 0.717) is 11.3 Å². The Morgan fingerprint density at radius 3 is 2.29 bits per heavy atom. The number of rotatable bonds is 2. The summed E-state index contributed by atoms with van der Waals surface area (Å²) < 4.78 is 0. The van der Waals surface area contributed by atoms with Crippen LogP contribution in [0, 0.1) is 11.3 Å². The summed E-state index contributed by atoms with van der Waals surface area (Å²) in [6, 6.07) is 0. The predicted molar refractivity (Wildman–Crippen MR) is 61.3 cm³/mol. The summed E-state index contributed by atoms with van der Waals surface area (Å²) >= 11 is 0. The van der Waals surface area contributed by atoms with Crippen molar-refractivity contribution in [2.75, 3.05) is 0 Å². The average molecular weight is 198 g/mol. The molecule has 1 heteroatoms. The fourth-order valence-corrected chi connectivity index (χ4v) is 2.68. The summed E-state index contributed by atoms with van der Waals surface area (Å²) in [5.74, 6) is 0.612. The van der Waals surface area contributed by atoms with Crippen molar-refractivity contribution < 1.29 is 5.11 Å². The van der Waals surface area contributed by atoms with Gasteiger partial charge in [0, 0.05) is 0 Å². The highest BCUT2D eigenvalue weighted by atomic mass is 16.3. The fourth-order valence-electron chi connectivity index (χ4n) is 2.68. The molecule has 0 spiro atoms. The van der Waals surface area contributed by atoms with E-state index in [0.717, 1.165) is 19.3 Å². The topological polar surface area (TPSA) is 20.2 Å². The maximum atomic E-state index is 10.5. The molecular formula is C13H26O. The SMILES string of the molecule is CC(C)CC1(O)CCCC(C)(C)CC1. The van der Waals surface area contributed by atoms with Gasteiger partial charge in [0.05, 0.1) is 5.60 Å². The molecule has 1 aliphatic carbocycles. The molecule has 0 aliphatic heterocycles. The van der Waals surface area contributed by atoms with Gasteiger partial charge in [-0.3, -0.25) is 0 Å². The van der Waals surface area contributed by atoms with Gasteiger partial charge >= 0.3 is 0 Å². The first-order valence-corrected chi connectivity index (χ1v) is 6.05. The molecule has 1 atom stereocenters. The monoisotopic (exact) mass is 198 g/mol. The molecular weight excluding hydrogens is 172 g/mol. The first-order chi connectivity index (χ1) is 6.33. The van der Waals surface area contributed by atoms with Crippen LogP contribution in [0.25, 0.3) is 0 Å². The van der Waals surface area contributed by atoms with Crippen LogP contribution in [0.4, 0.5) is 0 Å². The second-order valence-electron chi connectivity index (χ2n) is 6.34. The summed E-state index contributed by atoms with van der Waals surface area (Å²) in [6.07, 6.45) is 6.62. The van der Waals surface area contributed by atoms with Crippen molar-refractivity contribution in [1.29, 1.82) is 0 Å². The van der Waals surface area contributed by atoms with Crippen LogP contribution in [0.2, 0.25) is 0 Å². The van der Waals surface area contributed by atoms with E-state index in [1.807, 2.05) is 0 Å². The van der Waals surface area contributed by atoms with Crippen LogP contribution in [0.15, 0.2) is 0 Å². The van der Waals surface area contributed by atoms with Gasteiger partial charge in [-0.25, -0.2) is 0 Å². The molecule has 1 N–H and O–H groups in total. The minimum atomic E-state index is -0.359. The van der Waals surface area contributed by atoms with Gasteiger partial charge in [0.15, 0.2) is 0 Å². The maximum absolute atomic E-state index is 10.5. The molecule has 1 saturated carbocycles. The number of hydrogen-bond donors (Lipinski definition) is 1. The van der Waals surface area contributed by atoms with Gasteiger partial charge in [-0.1, -0.05) is 34.1 Å². The molecule has 1 unspecified atom stereocenters. The van der Waals surface area contributed by atoms with Crippen molar-refractivity contribution >= 4 is 0 Å². The Bertz CT molecular complexity index is 184. The molecule has 0 heterocycles. The molecule has 14 heavy (non-hydrogen) atoms. The average Bonchev–Trinajstić information content (AvgIpc) is 2.10. The van der Waals surface area contributed by atoms with Crippen LogP contribution in [0.1, 0.15) is 66.2 Å². The van der Waals surface area contributed by atoms with Crippen LogP contribution >= 0.6 is 0 Å². The summed E-state index contributed by atoms with van der Waals surface area (Å²) in [7, 11) is 0. The van der Waals surface area contributed by atoms with Crippen LogP contribution in [0.5, 0.6) is 0 Å². The molecule has 0 aromatic heterocycles. The van der Waals surface area contributed by atoms with Gasteiger partial charge in [0.25, 0.3) is 0 Å². The molecule has 1 rings (SSSR count). The Balaban J connectivity index is 2.55. The van der Waals surface area contributed by atoms with Crippen molar-refractivity contribution in [2.45, 2.75) is 71.8 Å². The van der Waals surface area contributed by atoms with Gasteiger partial charge in [-0.05, 0) is 43.4 Å². The van der Waals surface area contributed by atoms with E-state index in [-0.39, 0.29) is 5.60 Å². The van der Waals surface area contributed by atoms with Gasteiger partial charge in [-0.2, -0.15) is 0 Å². The zero-order valence-corrected chi connectivity index (χ0v) is 10.3. The summed E-state index contributed by atoms with van der Waals surface area (Å²) in [5.41, 5.74) is 0.0867. The van der Waals surface area contributed by atoms with E-state index in [1.54, 1.807) is 0 Å². The minimum absolute atomic E-state index is 0.359. The third-order valence-corrected chi connectivity index (χ3v) is 3.55. The second-order valence-corrected chi connectivity index (χ2v) is 6.34. The third kappa shape index (κ3) is 3.61. The Morgan fingerprint density at radius 2 is 1.71 bits per heavy atom. The van der Waals surface area contributed by atoms with Crippen molar-refractivity contribution in [3.8, 4) is 0 Å². The molecule has 1 fully saturated rings. The van der Waals surface area contributed by atoms with E-state index in [1.165, 1.54) is 19.3 Å². The molecule has 84 valence electrons. The first kappa shape index (κ1) is 12.0. The van der Waals surface area contributed by atoms with Gasteiger partial charge in [0.1, 0.15) is 0 Å². The quantitative estimate of drug-likeness (QED) is 0.670. The summed E-state index contributed by atoms with van der Waals surface area (Å²) in [6.45, 7) is 9.06. The highest BCUT2D eigenvalue weighted by Crippen LogP contribution is 2.40. The first-order valence-electron chi connectivity index (χ1n) is 6.05. The van der Waals surface area contributed by atoms with E-state index >= 15 is 0 Å². The highest BCUT2D eigenvalue weighted by Gasteiger charge is 2.33. The lowest BCUT2D eigenvalue weighted by atomic mass is 9.82. The van der Waals surface area contributed by atoms with E-state index < -0.39 is 0 Å². The van der Waals surface area contributed by atoms with Gasteiger partial charge in [0.2, 0.25) is 0 Å². The van der Waals surface area contributed by atoms with Gasteiger partial charge in [-0.15, -0.1) is 0 Å². The van der Waals surface area contributed by atoms with E-state index in [4.69, 9.17) is 0 Å². The summed E-state index contributed by atoms with van der Waals surface area (Å²) in [5, 5.41) is 10.5. The van der Waals surface area contributed by atoms with Crippen LogP contribution < -0.4 is 0 Å². The number of hydrogen-bond acceptors (Lipinski definition) is 1. The Labute approximate surface area is 88.9 Å². The fraction of sp³-hybridized carbons (Fsp3) is 1.00. The molecule has 1 nitrogen and oxygen atoms in total. The Hall–Kier alpha value is -0.0400. The molecule has 0 amide bonds. The third-order valence-electron chi connectivity index (χ3n) is 3.55. The normalized spacial score (nSPS) is 33.0. The number of aliphatic hydroxyl groups is 1. The second kappa shape index (κ2) is 4.22. The lowest BCUT2D eigenvalue weighted by Gasteiger charge is -2.29. The maximum Gasteiger partial charge on any atom is 0.0650 e. The van der Waals surface area contributed by atoms with Gasteiger partial charge < -0.3 is 5.11 Å². The lowest BCUT2D eigenvalue weighted by Crippen LogP contribution is -2.30. The largest absolute Gasteiger partial charge is 0.390 e. The highest BCUT2D eigenvalue weighted by molar-refractivity contribution is 4.86. The van der Waals surface area contributed by atoms with Crippen LogP contribution in [-0.2, 0) is 0 Å². The lowest BCUT2D eigenvalue weighted by molar-refractivity contribution is 0.00294. The predicted octanol–water partition coefficient (Wildman–Crippen LogP) is 3.75. The molecule has 0 radical (unpaired) electrons.